The molecule has 0 aromatic carbocycles. The summed E-state index contributed by atoms with van der Waals surface area (Å²) in [6, 6.07) is 0.0816. The SMILES string of the molecule is Cc1csc(=O)n1CCC(=O)NC(CN)C1CCCCC1.Cl. The summed E-state index contributed by atoms with van der Waals surface area (Å²) >= 11 is 1.18. The lowest BCUT2D eigenvalue weighted by Gasteiger charge is -2.30. The summed E-state index contributed by atoms with van der Waals surface area (Å²) < 4.78 is 1.66. The summed E-state index contributed by atoms with van der Waals surface area (Å²) in [5.41, 5.74) is 6.74. The highest BCUT2D eigenvalue weighted by Gasteiger charge is 2.23. The quantitative estimate of drug-likeness (QED) is 0.826. The Hall–Kier alpha value is -0.850. The van der Waals surface area contributed by atoms with Crippen LogP contribution in [0.25, 0.3) is 0 Å². The van der Waals surface area contributed by atoms with Crippen molar-refractivity contribution in [3.8, 4) is 0 Å². The number of halogens is 1. The van der Waals surface area contributed by atoms with Crippen molar-refractivity contribution < 1.29 is 4.79 Å². The largest absolute Gasteiger partial charge is 0.352 e. The number of amides is 1. The molecule has 5 nitrogen and oxygen atoms in total. The second kappa shape index (κ2) is 9.33. The molecule has 1 atom stereocenters. The van der Waals surface area contributed by atoms with Crippen LogP contribution in [0.3, 0.4) is 0 Å². The maximum absolute atomic E-state index is 12.1. The number of nitrogens with two attached hydrogens (primary N) is 1. The van der Waals surface area contributed by atoms with E-state index in [0.717, 1.165) is 18.5 Å². The van der Waals surface area contributed by atoms with Crippen LogP contribution >= 0.6 is 23.7 Å². The van der Waals surface area contributed by atoms with Gasteiger partial charge in [-0.25, -0.2) is 0 Å². The molecule has 22 heavy (non-hydrogen) atoms. The lowest BCUT2D eigenvalue weighted by atomic mass is 9.84. The molecule has 1 saturated carbocycles. The number of aromatic nitrogens is 1. The molecule has 1 aliphatic carbocycles. The monoisotopic (exact) mass is 347 g/mol. The lowest BCUT2D eigenvalue weighted by Crippen LogP contribution is -2.46. The van der Waals surface area contributed by atoms with Crippen LogP contribution in [0.5, 0.6) is 0 Å². The van der Waals surface area contributed by atoms with Crippen LogP contribution < -0.4 is 15.9 Å². The molecule has 1 aliphatic rings. The van der Waals surface area contributed by atoms with E-state index in [1.54, 1.807) is 4.57 Å². The van der Waals surface area contributed by atoms with Gasteiger partial charge in [-0.2, -0.15) is 0 Å². The third-order valence-electron chi connectivity index (χ3n) is 4.36. The minimum absolute atomic E-state index is 0. The lowest BCUT2D eigenvalue weighted by molar-refractivity contribution is -0.122. The number of rotatable bonds is 6. The number of thiazole rings is 1. The highest BCUT2D eigenvalue weighted by atomic mass is 35.5. The third kappa shape index (κ3) is 5.11. The van der Waals surface area contributed by atoms with Gasteiger partial charge in [0.2, 0.25) is 5.91 Å². The van der Waals surface area contributed by atoms with Crippen LogP contribution in [-0.4, -0.2) is 23.1 Å². The minimum Gasteiger partial charge on any atom is -0.352 e. The predicted molar refractivity (Wildman–Crippen MR) is 92.7 cm³/mol. The Balaban J connectivity index is 0.00000242. The van der Waals surface area contributed by atoms with Gasteiger partial charge in [-0.15, -0.1) is 12.4 Å². The molecule has 1 aromatic heterocycles. The zero-order valence-corrected chi connectivity index (χ0v) is 14.7. The number of hydrogen-bond donors (Lipinski definition) is 2. The molecule has 126 valence electrons. The topological polar surface area (TPSA) is 77.1 Å². The first kappa shape index (κ1) is 19.2. The highest BCUT2D eigenvalue weighted by molar-refractivity contribution is 7.07. The number of nitrogens with one attached hydrogen (secondary N) is 1. The fraction of sp³-hybridized carbons (Fsp3) is 0.733. The maximum Gasteiger partial charge on any atom is 0.307 e. The fourth-order valence-electron chi connectivity index (χ4n) is 3.07. The number of carbonyl (C=O) groups is 1. The molecule has 0 spiro atoms. The normalized spacial score (nSPS) is 16.8. The maximum atomic E-state index is 12.1. The second-order valence-electron chi connectivity index (χ2n) is 5.85. The van der Waals surface area contributed by atoms with Crippen LogP contribution in [0, 0.1) is 12.8 Å². The van der Waals surface area contributed by atoms with Gasteiger partial charge in [-0.1, -0.05) is 30.6 Å². The molecular formula is C15H26ClN3O2S. The van der Waals surface area contributed by atoms with Crippen molar-refractivity contribution in [1.29, 1.82) is 0 Å². The van der Waals surface area contributed by atoms with Gasteiger partial charge in [-0.3, -0.25) is 9.59 Å². The zero-order chi connectivity index (χ0) is 15.2. The first-order valence-electron chi connectivity index (χ1n) is 7.76. The Bertz CT molecular complexity index is 523. The van der Waals surface area contributed by atoms with E-state index in [9.17, 15) is 9.59 Å². The van der Waals surface area contributed by atoms with Gasteiger partial charge in [0.05, 0.1) is 0 Å². The summed E-state index contributed by atoms with van der Waals surface area (Å²) in [5, 5.41) is 4.89. The molecule has 1 amide bonds. The van der Waals surface area contributed by atoms with Gasteiger partial charge in [0, 0.05) is 36.6 Å². The molecular weight excluding hydrogens is 322 g/mol. The molecule has 3 N–H and O–H groups in total. The molecule has 1 unspecified atom stereocenters. The van der Waals surface area contributed by atoms with Gasteiger partial charge in [0.1, 0.15) is 0 Å². The van der Waals surface area contributed by atoms with Gasteiger partial charge in [0.25, 0.3) is 0 Å². The van der Waals surface area contributed by atoms with Crippen molar-refractivity contribution in [2.75, 3.05) is 6.54 Å². The van der Waals surface area contributed by atoms with Crippen molar-refractivity contribution in [1.82, 2.24) is 9.88 Å². The van der Waals surface area contributed by atoms with Gasteiger partial charge < -0.3 is 15.6 Å². The average Bonchev–Trinajstić information content (AvgIpc) is 2.82. The second-order valence-corrected chi connectivity index (χ2v) is 6.67. The van der Waals surface area contributed by atoms with E-state index in [-0.39, 0.29) is 29.2 Å². The van der Waals surface area contributed by atoms with Crippen molar-refractivity contribution >= 4 is 29.7 Å². The number of nitrogens with zero attached hydrogens (tertiary/aromatic N) is 1. The van der Waals surface area contributed by atoms with E-state index in [1.807, 2.05) is 12.3 Å². The van der Waals surface area contributed by atoms with E-state index in [1.165, 1.54) is 30.6 Å². The van der Waals surface area contributed by atoms with Crippen molar-refractivity contribution in [3.05, 3.63) is 20.7 Å². The van der Waals surface area contributed by atoms with E-state index in [4.69, 9.17) is 5.73 Å². The van der Waals surface area contributed by atoms with Crippen molar-refractivity contribution in [3.63, 3.8) is 0 Å². The summed E-state index contributed by atoms with van der Waals surface area (Å²) in [6.45, 7) is 2.83. The Labute approximate surface area is 141 Å². The highest BCUT2D eigenvalue weighted by Crippen LogP contribution is 2.26. The minimum atomic E-state index is -0.00600. The Morgan fingerprint density at radius 3 is 2.68 bits per heavy atom. The van der Waals surface area contributed by atoms with E-state index < -0.39 is 0 Å². The third-order valence-corrected chi connectivity index (χ3v) is 5.24. The summed E-state index contributed by atoms with van der Waals surface area (Å²) in [7, 11) is 0. The molecule has 0 radical (unpaired) electrons. The molecule has 2 rings (SSSR count). The summed E-state index contributed by atoms with van der Waals surface area (Å²) in [6.07, 6.45) is 6.42. The molecule has 0 bridgehead atoms. The van der Waals surface area contributed by atoms with Crippen molar-refractivity contribution in [2.45, 2.75) is 58.0 Å². The summed E-state index contributed by atoms with van der Waals surface area (Å²) in [5.74, 6) is 0.506. The van der Waals surface area contributed by atoms with Crippen LogP contribution in [0.2, 0.25) is 0 Å². The van der Waals surface area contributed by atoms with Crippen LogP contribution in [-0.2, 0) is 11.3 Å². The molecule has 1 heterocycles. The zero-order valence-electron chi connectivity index (χ0n) is 13.0. The molecule has 0 aliphatic heterocycles. The molecule has 1 fully saturated rings. The van der Waals surface area contributed by atoms with E-state index >= 15 is 0 Å². The summed E-state index contributed by atoms with van der Waals surface area (Å²) in [4.78, 5) is 23.7. The van der Waals surface area contributed by atoms with E-state index in [2.05, 4.69) is 5.32 Å². The Morgan fingerprint density at radius 2 is 2.14 bits per heavy atom. The molecule has 7 heteroatoms. The predicted octanol–water partition coefficient (Wildman–Crippen LogP) is 2.05. The first-order valence-corrected chi connectivity index (χ1v) is 8.64. The Kier molecular flexibility index (Phi) is 8.14. The average molecular weight is 348 g/mol. The Morgan fingerprint density at radius 1 is 1.45 bits per heavy atom. The van der Waals surface area contributed by atoms with Gasteiger partial charge >= 0.3 is 4.87 Å². The van der Waals surface area contributed by atoms with Gasteiger partial charge in [0.15, 0.2) is 0 Å². The number of aryl methyl sites for hydroxylation is 1. The fourth-order valence-corrected chi connectivity index (χ4v) is 3.83. The molecule has 1 aromatic rings. The van der Waals surface area contributed by atoms with Crippen LogP contribution in [0.15, 0.2) is 10.2 Å². The standard InChI is InChI=1S/C15H25N3O2S.ClH/c1-11-10-21-15(20)18(11)8-7-14(19)17-13(9-16)12-5-3-2-4-6-12;/h10,12-13H,2-9,16H2,1H3,(H,17,19);1H. The first-order chi connectivity index (χ1) is 10.1. The van der Waals surface area contributed by atoms with Crippen LogP contribution in [0.1, 0.15) is 44.2 Å². The van der Waals surface area contributed by atoms with Crippen LogP contribution in [0.4, 0.5) is 0 Å². The smallest absolute Gasteiger partial charge is 0.307 e. The van der Waals surface area contributed by atoms with Gasteiger partial charge in [-0.05, 0) is 25.7 Å². The molecule has 0 saturated heterocycles. The number of hydrogen-bond acceptors (Lipinski definition) is 4. The van der Waals surface area contributed by atoms with Crippen molar-refractivity contribution in [2.24, 2.45) is 11.7 Å². The van der Waals surface area contributed by atoms with E-state index in [0.29, 0.717) is 25.4 Å². The number of carbonyl (C=O) groups excluding carboxylic acids is 1.